The minimum absolute atomic E-state index is 0.108. The van der Waals surface area contributed by atoms with E-state index in [2.05, 4.69) is 15.3 Å². The fourth-order valence-corrected chi connectivity index (χ4v) is 5.62. The first kappa shape index (κ1) is 24.2. The number of H-pyrrole nitrogens is 1. The molecule has 0 radical (unpaired) electrons. The number of hydrogen-bond donors (Lipinski definition) is 3. The van der Waals surface area contributed by atoms with Gasteiger partial charge >= 0.3 is 0 Å². The van der Waals surface area contributed by atoms with Crippen molar-refractivity contribution in [2.75, 3.05) is 5.32 Å². The topological polar surface area (TPSA) is 112 Å². The number of hydrogen-bond acceptors (Lipinski definition) is 5. The minimum atomic E-state index is -4.27. The molecule has 1 amide bonds. The highest BCUT2D eigenvalue weighted by atomic mass is 35.5. The number of anilines is 1. The Labute approximate surface area is 216 Å². The van der Waals surface area contributed by atoms with E-state index in [9.17, 15) is 17.8 Å². The summed E-state index contributed by atoms with van der Waals surface area (Å²) in [7, 11) is -4.27. The number of imidazole rings is 1. The van der Waals surface area contributed by atoms with E-state index in [4.69, 9.17) is 11.6 Å². The summed E-state index contributed by atoms with van der Waals surface area (Å²) in [5, 5.41) is 2.82. The van der Waals surface area contributed by atoms with E-state index in [1.165, 1.54) is 11.3 Å². The average Bonchev–Trinajstić information content (AvgIpc) is 3.44. The van der Waals surface area contributed by atoms with Crippen molar-refractivity contribution in [2.24, 2.45) is 0 Å². The van der Waals surface area contributed by atoms with Gasteiger partial charge in [-0.05, 0) is 58.7 Å². The lowest BCUT2D eigenvalue weighted by Crippen LogP contribution is -2.15. The fraction of sp³-hybridized carbons (Fsp3) is 0.0769. The number of rotatable bonds is 7. The van der Waals surface area contributed by atoms with E-state index < -0.39 is 15.9 Å². The predicted octanol–water partition coefficient (Wildman–Crippen LogP) is 6.18. The summed E-state index contributed by atoms with van der Waals surface area (Å²) in [5.41, 5.74) is 4.68. The maximum atomic E-state index is 12.8. The first-order valence-corrected chi connectivity index (χ1v) is 13.7. The van der Waals surface area contributed by atoms with Gasteiger partial charge in [0.15, 0.2) is 0 Å². The number of fused-ring (bicyclic) bond motifs is 1. The van der Waals surface area contributed by atoms with Crippen LogP contribution in [0.5, 0.6) is 0 Å². The number of aromatic amines is 1. The van der Waals surface area contributed by atoms with Gasteiger partial charge in [0.25, 0.3) is 10.1 Å². The summed E-state index contributed by atoms with van der Waals surface area (Å²) in [6.45, 7) is 0. The lowest BCUT2D eigenvalue weighted by atomic mass is 10.00. The van der Waals surface area contributed by atoms with Gasteiger partial charge in [0.1, 0.15) is 11.6 Å². The van der Waals surface area contributed by atoms with Crippen molar-refractivity contribution in [3.05, 3.63) is 94.3 Å². The molecule has 0 unspecified atom stereocenters. The molecule has 3 N–H and O–H groups in total. The van der Waals surface area contributed by atoms with E-state index in [-0.39, 0.29) is 12.3 Å². The highest BCUT2D eigenvalue weighted by molar-refractivity contribution is 7.85. The van der Waals surface area contributed by atoms with Gasteiger partial charge in [-0.15, -0.1) is 11.3 Å². The van der Waals surface area contributed by atoms with Crippen LogP contribution >= 0.6 is 22.9 Å². The van der Waals surface area contributed by atoms with E-state index in [0.717, 1.165) is 27.0 Å². The molecule has 3 aromatic carbocycles. The van der Waals surface area contributed by atoms with Crippen molar-refractivity contribution in [1.82, 2.24) is 9.97 Å². The molecule has 5 rings (SSSR count). The molecule has 0 fully saturated rings. The third-order valence-corrected chi connectivity index (χ3v) is 7.44. The number of carbonyl (C=O) groups is 1. The molecule has 182 valence electrons. The van der Waals surface area contributed by atoms with Crippen molar-refractivity contribution in [1.29, 1.82) is 0 Å². The number of aromatic nitrogens is 2. The number of nitrogens with one attached hydrogen (secondary N) is 2. The van der Waals surface area contributed by atoms with Crippen LogP contribution in [0.15, 0.2) is 78.9 Å². The number of amides is 1. The van der Waals surface area contributed by atoms with Crippen molar-refractivity contribution in [3.8, 4) is 21.8 Å². The standard InChI is InChI=1S/C26H20ClN3O4S2/c27-24-11-10-23(35-24)26-29-21-9-6-16(12-22(21)30-26)13-25(31)28-19-7-8-20(17-4-2-1-3-5-17)18(14-19)15-36(32,33)34/h1-12,14H,13,15H2,(H,28,31)(H,29,30)(H,32,33,34). The molecule has 5 aromatic rings. The molecule has 10 heteroatoms. The molecular formula is C26H20ClN3O4S2. The summed E-state index contributed by atoms with van der Waals surface area (Å²) in [5.74, 6) is -0.108. The van der Waals surface area contributed by atoms with Gasteiger partial charge in [-0.1, -0.05) is 54.1 Å². The van der Waals surface area contributed by atoms with Crippen LogP contribution in [0.4, 0.5) is 5.69 Å². The molecule has 36 heavy (non-hydrogen) atoms. The fourth-order valence-electron chi connectivity index (χ4n) is 4.00. The van der Waals surface area contributed by atoms with E-state index in [0.29, 0.717) is 27.0 Å². The summed E-state index contributed by atoms with van der Waals surface area (Å²) in [4.78, 5) is 21.6. The second kappa shape index (κ2) is 9.87. The number of nitrogens with zero attached hydrogens (tertiary/aromatic N) is 1. The SMILES string of the molecule is O=C(Cc1ccc2[nH]c(-c3ccc(Cl)s3)nc2c1)Nc1ccc(-c2ccccc2)c(CS(=O)(=O)O)c1. The van der Waals surface area contributed by atoms with Crippen LogP contribution in [0.2, 0.25) is 4.34 Å². The second-order valence-electron chi connectivity index (χ2n) is 8.23. The molecule has 0 saturated carbocycles. The van der Waals surface area contributed by atoms with Crippen LogP contribution in [0.3, 0.4) is 0 Å². The van der Waals surface area contributed by atoms with Crippen molar-refractivity contribution in [2.45, 2.75) is 12.2 Å². The predicted molar refractivity (Wildman–Crippen MR) is 144 cm³/mol. The van der Waals surface area contributed by atoms with Gasteiger partial charge in [-0.2, -0.15) is 8.42 Å². The lowest BCUT2D eigenvalue weighted by Gasteiger charge is -2.12. The highest BCUT2D eigenvalue weighted by Crippen LogP contribution is 2.31. The molecule has 2 aromatic heterocycles. The molecule has 0 aliphatic carbocycles. The van der Waals surface area contributed by atoms with Gasteiger partial charge in [0.2, 0.25) is 5.91 Å². The van der Waals surface area contributed by atoms with Crippen molar-refractivity contribution in [3.63, 3.8) is 0 Å². The molecule has 0 aliphatic rings. The first-order valence-electron chi connectivity index (χ1n) is 10.9. The summed E-state index contributed by atoms with van der Waals surface area (Å²) in [6, 6.07) is 23.6. The summed E-state index contributed by atoms with van der Waals surface area (Å²) >= 11 is 7.46. The molecule has 0 aliphatic heterocycles. The Morgan fingerprint density at radius 1 is 1.03 bits per heavy atom. The molecule has 7 nitrogen and oxygen atoms in total. The van der Waals surface area contributed by atoms with E-state index in [1.807, 2.05) is 60.7 Å². The van der Waals surface area contributed by atoms with Crippen LogP contribution in [0.25, 0.3) is 32.9 Å². The van der Waals surface area contributed by atoms with Crippen LogP contribution in [0.1, 0.15) is 11.1 Å². The Kier molecular flexibility index (Phi) is 6.63. The Bertz CT molecular complexity index is 1680. The first-order chi connectivity index (χ1) is 17.2. The minimum Gasteiger partial charge on any atom is -0.337 e. The third-order valence-electron chi connectivity index (χ3n) is 5.53. The van der Waals surface area contributed by atoms with Crippen molar-refractivity contribution >= 4 is 55.7 Å². The average molecular weight is 538 g/mol. The van der Waals surface area contributed by atoms with Crippen molar-refractivity contribution < 1.29 is 17.8 Å². The summed E-state index contributed by atoms with van der Waals surface area (Å²) < 4.78 is 33.3. The van der Waals surface area contributed by atoms with Crippen LogP contribution < -0.4 is 5.32 Å². The maximum Gasteiger partial charge on any atom is 0.269 e. The number of thiophene rings is 1. The zero-order valence-electron chi connectivity index (χ0n) is 18.7. The number of benzene rings is 3. The van der Waals surface area contributed by atoms with Crippen LogP contribution in [-0.2, 0) is 27.1 Å². The Morgan fingerprint density at radius 3 is 2.56 bits per heavy atom. The second-order valence-corrected chi connectivity index (χ2v) is 11.4. The van der Waals surface area contributed by atoms with E-state index in [1.54, 1.807) is 18.2 Å². The van der Waals surface area contributed by atoms with Gasteiger partial charge in [-0.3, -0.25) is 9.35 Å². The molecular weight excluding hydrogens is 518 g/mol. The third kappa shape index (κ3) is 5.66. The Morgan fingerprint density at radius 2 is 1.83 bits per heavy atom. The number of carbonyl (C=O) groups excluding carboxylic acids is 1. The lowest BCUT2D eigenvalue weighted by molar-refractivity contribution is -0.115. The van der Waals surface area contributed by atoms with Gasteiger partial charge in [-0.25, -0.2) is 4.98 Å². The monoisotopic (exact) mass is 537 g/mol. The molecule has 2 heterocycles. The zero-order valence-corrected chi connectivity index (χ0v) is 21.1. The molecule has 0 bridgehead atoms. The Balaban J connectivity index is 1.35. The Hall–Kier alpha value is -3.50. The van der Waals surface area contributed by atoms with E-state index >= 15 is 0 Å². The van der Waals surface area contributed by atoms with Crippen LogP contribution in [0, 0.1) is 0 Å². The maximum absolute atomic E-state index is 12.8. The normalized spacial score (nSPS) is 11.6. The molecule has 0 saturated heterocycles. The molecule has 0 atom stereocenters. The zero-order chi connectivity index (χ0) is 25.3. The van der Waals surface area contributed by atoms with Crippen LogP contribution in [-0.4, -0.2) is 28.8 Å². The highest BCUT2D eigenvalue weighted by Gasteiger charge is 2.15. The quantitative estimate of drug-likeness (QED) is 0.215. The smallest absolute Gasteiger partial charge is 0.269 e. The van der Waals surface area contributed by atoms with Gasteiger partial charge in [0.05, 0.1) is 26.7 Å². The largest absolute Gasteiger partial charge is 0.337 e. The number of halogens is 1. The van der Waals surface area contributed by atoms with Gasteiger partial charge < -0.3 is 10.3 Å². The summed E-state index contributed by atoms with van der Waals surface area (Å²) in [6.07, 6.45) is 0.108. The van der Waals surface area contributed by atoms with Gasteiger partial charge in [0, 0.05) is 5.69 Å². The molecule has 0 spiro atoms.